The number of carbonyl (C=O) groups excluding carboxylic acids is 1. The van der Waals surface area contributed by atoms with Crippen molar-refractivity contribution in [1.82, 2.24) is 9.97 Å². The SMILES string of the molecule is C=CCS(=O)(=O)C(C)C(=O)Nc1ccc(S(=O)(=O)Nc2nc(C)cc(C)n2)cc1. The Bertz CT molecular complexity index is 1110. The third-order valence-electron chi connectivity index (χ3n) is 3.90. The number of benzene rings is 1. The second-order valence-corrected chi connectivity index (χ2v) is 10.4. The maximum absolute atomic E-state index is 12.5. The van der Waals surface area contributed by atoms with Gasteiger partial charge in [-0.3, -0.25) is 4.79 Å². The van der Waals surface area contributed by atoms with Gasteiger partial charge >= 0.3 is 0 Å². The van der Waals surface area contributed by atoms with E-state index in [0.717, 1.165) is 0 Å². The number of sulfone groups is 1. The molecule has 0 fully saturated rings. The molecule has 9 nitrogen and oxygen atoms in total. The molecule has 1 amide bonds. The molecule has 2 aromatic rings. The van der Waals surface area contributed by atoms with Crippen LogP contribution in [0.25, 0.3) is 0 Å². The summed E-state index contributed by atoms with van der Waals surface area (Å²) >= 11 is 0. The quantitative estimate of drug-likeness (QED) is 0.600. The van der Waals surface area contributed by atoms with E-state index in [-0.39, 0.29) is 22.3 Å². The summed E-state index contributed by atoms with van der Waals surface area (Å²) in [5.74, 6) is -1.07. The lowest BCUT2D eigenvalue weighted by Crippen LogP contribution is -2.33. The first-order chi connectivity index (χ1) is 13.4. The molecule has 1 heterocycles. The van der Waals surface area contributed by atoms with E-state index in [1.54, 1.807) is 19.9 Å². The highest BCUT2D eigenvalue weighted by Gasteiger charge is 2.27. The molecular formula is C18H22N4O5S2. The van der Waals surface area contributed by atoms with E-state index >= 15 is 0 Å². The smallest absolute Gasteiger partial charge is 0.264 e. The Morgan fingerprint density at radius 1 is 1.10 bits per heavy atom. The molecule has 0 saturated carbocycles. The van der Waals surface area contributed by atoms with Crippen molar-refractivity contribution in [3.8, 4) is 0 Å². The van der Waals surface area contributed by atoms with Gasteiger partial charge in [0.15, 0.2) is 9.84 Å². The Labute approximate surface area is 170 Å². The number of aryl methyl sites for hydroxylation is 2. The molecule has 11 heteroatoms. The Hall–Kier alpha value is -2.79. The minimum atomic E-state index is -3.93. The molecule has 0 radical (unpaired) electrons. The van der Waals surface area contributed by atoms with E-state index in [9.17, 15) is 21.6 Å². The Balaban J connectivity index is 2.14. The zero-order chi connectivity index (χ0) is 21.8. The van der Waals surface area contributed by atoms with Crippen LogP contribution in [0.15, 0.2) is 47.9 Å². The van der Waals surface area contributed by atoms with Crippen LogP contribution in [0.5, 0.6) is 0 Å². The van der Waals surface area contributed by atoms with Gasteiger partial charge < -0.3 is 5.32 Å². The lowest BCUT2D eigenvalue weighted by molar-refractivity contribution is -0.115. The number of aromatic nitrogens is 2. The molecule has 0 aliphatic carbocycles. The minimum Gasteiger partial charge on any atom is -0.325 e. The average molecular weight is 439 g/mol. The molecule has 0 aliphatic rings. The largest absolute Gasteiger partial charge is 0.325 e. The zero-order valence-electron chi connectivity index (χ0n) is 16.2. The standard InChI is InChI=1S/C18H22N4O5S2/c1-5-10-28(24,25)14(4)17(23)21-15-6-8-16(9-7-15)29(26,27)22-18-19-12(2)11-13(3)20-18/h5-9,11,14H,1,10H2,2-4H3,(H,21,23)(H,19,20,22). The van der Waals surface area contributed by atoms with E-state index in [1.165, 1.54) is 37.3 Å². The molecular weight excluding hydrogens is 416 g/mol. The van der Waals surface area contributed by atoms with Crippen LogP contribution in [0.3, 0.4) is 0 Å². The number of anilines is 2. The van der Waals surface area contributed by atoms with Crippen molar-refractivity contribution in [1.29, 1.82) is 0 Å². The maximum Gasteiger partial charge on any atom is 0.264 e. The van der Waals surface area contributed by atoms with Crippen molar-refractivity contribution < 1.29 is 21.6 Å². The van der Waals surface area contributed by atoms with Crippen molar-refractivity contribution in [2.45, 2.75) is 30.9 Å². The third-order valence-corrected chi connectivity index (χ3v) is 7.23. The number of sulfonamides is 1. The van der Waals surface area contributed by atoms with Crippen LogP contribution >= 0.6 is 0 Å². The van der Waals surface area contributed by atoms with Crippen LogP contribution in [-0.4, -0.2) is 43.7 Å². The average Bonchev–Trinajstić information content (AvgIpc) is 2.60. The number of rotatable bonds is 8. The molecule has 1 aromatic carbocycles. The number of amides is 1. The number of nitrogens with one attached hydrogen (secondary N) is 2. The first kappa shape index (κ1) is 22.5. The summed E-state index contributed by atoms with van der Waals surface area (Å²) in [5, 5.41) is 1.19. The molecule has 0 saturated heterocycles. The monoisotopic (exact) mass is 438 g/mol. The van der Waals surface area contributed by atoms with Gasteiger partial charge in [0.25, 0.3) is 10.0 Å². The number of hydrogen-bond donors (Lipinski definition) is 2. The topological polar surface area (TPSA) is 135 Å². The summed E-state index contributed by atoms with van der Waals surface area (Å²) in [6, 6.07) is 7.00. The fraction of sp³-hybridized carbons (Fsp3) is 0.278. The van der Waals surface area contributed by atoms with Crippen LogP contribution in [0, 0.1) is 13.8 Å². The molecule has 2 rings (SSSR count). The summed E-state index contributed by atoms with van der Waals surface area (Å²) in [6.07, 6.45) is 1.21. The first-order valence-electron chi connectivity index (χ1n) is 8.53. The Morgan fingerprint density at radius 2 is 1.66 bits per heavy atom. The lowest BCUT2D eigenvalue weighted by Gasteiger charge is -2.13. The number of nitrogens with zero attached hydrogens (tertiary/aromatic N) is 2. The van der Waals surface area contributed by atoms with Gasteiger partial charge in [0.2, 0.25) is 11.9 Å². The highest BCUT2D eigenvalue weighted by atomic mass is 32.2. The summed E-state index contributed by atoms with van der Waals surface area (Å²) in [7, 11) is -7.59. The molecule has 0 bridgehead atoms. The predicted octanol–water partition coefficient (Wildman–Crippen LogP) is 1.82. The van der Waals surface area contributed by atoms with Crippen LogP contribution in [0.1, 0.15) is 18.3 Å². The predicted molar refractivity (Wildman–Crippen MR) is 111 cm³/mol. The summed E-state index contributed by atoms with van der Waals surface area (Å²) < 4.78 is 51.2. The molecule has 1 unspecified atom stereocenters. The van der Waals surface area contributed by atoms with Gasteiger partial charge in [-0.15, -0.1) is 6.58 Å². The van der Waals surface area contributed by atoms with Gasteiger partial charge in [-0.25, -0.2) is 31.5 Å². The normalized spacial score (nSPS) is 12.8. The number of hydrogen-bond acceptors (Lipinski definition) is 7. The van der Waals surface area contributed by atoms with Gasteiger partial charge in [-0.1, -0.05) is 6.08 Å². The van der Waals surface area contributed by atoms with Crippen molar-refractivity contribution in [2.24, 2.45) is 0 Å². The molecule has 0 aliphatic heterocycles. The summed E-state index contributed by atoms with van der Waals surface area (Å²) in [5.41, 5.74) is 1.50. The van der Waals surface area contributed by atoms with Crippen LogP contribution in [-0.2, 0) is 24.7 Å². The van der Waals surface area contributed by atoms with Crippen molar-refractivity contribution in [3.63, 3.8) is 0 Å². The lowest BCUT2D eigenvalue weighted by atomic mass is 10.3. The molecule has 0 spiro atoms. The minimum absolute atomic E-state index is 0.0406. The summed E-state index contributed by atoms with van der Waals surface area (Å²) in [4.78, 5) is 20.2. The second-order valence-electron chi connectivity index (χ2n) is 6.35. The third kappa shape index (κ3) is 5.84. The van der Waals surface area contributed by atoms with Gasteiger partial charge in [0, 0.05) is 17.1 Å². The number of carbonyl (C=O) groups is 1. The van der Waals surface area contributed by atoms with E-state index in [4.69, 9.17) is 0 Å². The molecule has 29 heavy (non-hydrogen) atoms. The van der Waals surface area contributed by atoms with Crippen LogP contribution in [0.2, 0.25) is 0 Å². The van der Waals surface area contributed by atoms with Gasteiger partial charge in [0.1, 0.15) is 5.25 Å². The van der Waals surface area contributed by atoms with Gasteiger partial charge in [-0.05, 0) is 51.1 Å². The van der Waals surface area contributed by atoms with Crippen molar-refractivity contribution >= 4 is 37.4 Å². The highest BCUT2D eigenvalue weighted by molar-refractivity contribution is 7.93. The fourth-order valence-corrected chi connectivity index (χ4v) is 4.33. The Kier molecular flexibility index (Phi) is 6.75. The highest BCUT2D eigenvalue weighted by Crippen LogP contribution is 2.18. The summed E-state index contributed by atoms with van der Waals surface area (Å²) in [6.45, 7) is 8.08. The maximum atomic E-state index is 12.5. The molecule has 1 atom stereocenters. The van der Waals surface area contributed by atoms with E-state index < -0.39 is 31.0 Å². The fourth-order valence-electron chi connectivity index (χ4n) is 2.38. The van der Waals surface area contributed by atoms with Crippen molar-refractivity contribution in [3.05, 3.63) is 54.4 Å². The van der Waals surface area contributed by atoms with Gasteiger partial charge in [0.05, 0.1) is 10.6 Å². The van der Waals surface area contributed by atoms with Crippen LogP contribution < -0.4 is 10.0 Å². The second kappa shape index (κ2) is 8.70. The molecule has 1 aromatic heterocycles. The van der Waals surface area contributed by atoms with E-state index in [2.05, 4.69) is 26.6 Å². The molecule has 156 valence electrons. The van der Waals surface area contributed by atoms with Crippen LogP contribution in [0.4, 0.5) is 11.6 Å². The van der Waals surface area contributed by atoms with E-state index in [1.807, 2.05) is 0 Å². The first-order valence-corrected chi connectivity index (χ1v) is 11.7. The molecule has 2 N–H and O–H groups in total. The van der Waals surface area contributed by atoms with Crippen molar-refractivity contribution in [2.75, 3.05) is 15.8 Å². The van der Waals surface area contributed by atoms with E-state index in [0.29, 0.717) is 11.4 Å². The Morgan fingerprint density at radius 3 is 2.17 bits per heavy atom. The van der Waals surface area contributed by atoms with Gasteiger partial charge in [-0.2, -0.15) is 0 Å². The zero-order valence-corrected chi connectivity index (χ0v) is 17.8.